The first-order chi connectivity index (χ1) is 7.26. The number of rotatable bonds is 6. The van der Waals surface area contributed by atoms with E-state index in [1.54, 1.807) is 18.9 Å². The Labute approximate surface area is 95.0 Å². The third-order valence-corrected chi connectivity index (χ3v) is 3.22. The molecule has 1 rings (SSSR count). The van der Waals surface area contributed by atoms with Crippen LogP contribution in [-0.4, -0.2) is 25.3 Å². The SMILES string of the molecule is COCCC(C)Sc1cccc(C=O)c1. The summed E-state index contributed by atoms with van der Waals surface area (Å²) in [4.78, 5) is 11.7. The molecule has 82 valence electrons. The Morgan fingerprint density at radius 3 is 3.00 bits per heavy atom. The molecule has 1 aromatic rings. The lowest BCUT2D eigenvalue weighted by Crippen LogP contribution is -2.01. The molecule has 0 saturated carbocycles. The van der Waals surface area contributed by atoms with E-state index in [9.17, 15) is 4.79 Å². The van der Waals surface area contributed by atoms with Gasteiger partial charge in [-0.3, -0.25) is 4.79 Å². The number of carbonyl (C=O) groups excluding carboxylic acids is 1. The second-order valence-corrected chi connectivity index (χ2v) is 4.91. The summed E-state index contributed by atoms with van der Waals surface area (Å²) in [5.41, 5.74) is 0.735. The van der Waals surface area contributed by atoms with Crippen LogP contribution in [0.3, 0.4) is 0 Å². The minimum Gasteiger partial charge on any atom is -0.385 e. The highest BCUT2D eigenvalue weighted by Gasteiger charge is 2.04. The van der Waals surface area contributed by atoms with Gasteiger partial charge in [-0.05, 0) is 18.6 Å². The molecule has 0 amide bonds. The zero-order valence-corrected chi connectivity index (χ0v) is 9.92. The van der Waals surface area contributed by atoms with Crippen molar-refractivity contribution in [1.82, 2.24) is 0 Å². The first-order valence-corrected chi connectivity index (χ1v) is 5.85. The fourth-order valence-electron chi connectivity index (χ4n) is 1.24. The molecule has 0 fully saturated rings. The normalized spacial score (nSPS) is 12.4. The molecular weight excluding hydrogens is 208 g/mol. The van der Waals surface area contributed by atoms with Crippen LogP contribution in [0.2, 0.25) is 0 Å². The van der Waals surface area contributed by atoms with E-state index in [4.69, 9.17) is 4.74 Å². The molecule has 0 aliphatic rings. The summed E-state index contributed by atoms with van der Waals surface area (Å²) in [6, 6.07) is 7.67. The van der Waals surface area contributed by atoms with Gasteiger partial charge >= 0.3 is 0 Å². The van der Waals surface area contributed by atoms with E-state index < -0.39 is 0 Å². The number of thioether (sulfide) groups is 1. The third kappa shape index (κ3) is 4.49. The quantitative estimate of drug-likeness (QED) is 0.549. The first kappa shape index (κ1) is 12.3. The van der Waals surface area contributed by atoms with Crippen LogP contribution in [-0.2, 0) is 4.74 Å². The summed E-state index contributed by atoms with van der Waals surface area (Å²) < 4.78 is 5.03. The number of carbonyl (C=O) groups is 1. The fraction of sp³-hybridized carbons (Fsp3) is 0.417. The van der Waals surface area contributed by atoms with Crippen molar-refractivity contribution >= 4 is 18.0 Å². The first-order valence-electron chi connectivity index (χ1n) is 4.97. The van der Waals surface area contributed by atoms with Gasteiger partial charge in [0.15, 0.2) is 0 Å². The average Bonchev–Trinajstić information content (AvgIpc) is 2.26. The smallest absolute Gasteiger partial charge is 0.150 e. The second-order valence-electron chi connectivity index (χ2n) is 3.40. The minimum atomic E-state index is 0.506. The molecule has 0 aliphatic heterocycles. The molecule has 0 aromatic heterocycles. The lowest BCUT2D eigenvalue weighted by atomic mass is 10.2. The molecule has 0 aliphatic carbocycles. The van der Waals surface area contributed by atoms with Crippen LogP contribution in [0.5, 0.6) is 0 Å². The third-order valence-electron chi connectivity index (χ3n) is 2.06. The Bertz CT molecular complexity index is 312. The van der Waals surface area contributed by atoms with Crippen molar-refractivity contribution in [1.29, 1.82) is 0 Å². The summed E-state index contributed by atoms with van der Waals surface area (Å²) in [6.45, 7) is 2.94. The zero-order valence-electron chi connectivity index (χ0n) is 9.10. The molecular formula is C12H16O2S. The Hall–Kier alpha value is -0.800. The van der Waals surface area contributed by atoms with E-state index in [0.717, 1.165) is 29.8 Å². The molecule has 1 aromatic carbocycles. The van der Waals surface area contributed by atoms with Gasteiger partial charge in [0.25, 0.3) is 0 Å². The number of hydrogen-bond acceptors (Lipinski definition) is 3. The van der Waals surface area contributed by atoms with E-state index in [1.165, 1.54) is 0 Å². The van der Waals surface area contributed by atoms with Crippen molar-refractivity contribution in [3.63, 3.8) is 0 Å². The van der Waals surface area contributed by atoms with Crippen LogP contribution in [0.1, 0.15) is 23.7 Å². The van der Waals surface area contributed by atoms with Gasteiger partial charge in [0, 0.05) is 29.4 Å². The lowest BCUT2D eigenvalue weighted by Gasteiger charge is -2.10. The Morgan fingerprint density at radius 2 is 2.33 bits per heavy atom. The Kier molecular flexibility index (Phi) is 5.43. The monoisotopic (exact) mass is 224 g/mol. The lowest BCUT2D eigenvalue weighted by molar-refractivity contribution is 0.112. The molecule has 0 spiro atoms. The summed E-state index contributed by atoms with van der Waals surface area (Å²) in [7, 11) is 1.71. The van der Waals surface area contributed by atoms with E-state index in [2.05, 4.69) is 6.92 Å². The van der Waals surface area contributed by atoms with Crippen molar-refractivity contribution in [3.8, 4) is 0 Å². The highest BCUT2D eigenvalue weighted by atomic mass is 32.2. The Morgan fingerprint density at radius 1 is 1.53 bits per heavy atom. The number of benzene rings is 1. The van der Waals surface area contributed by atoms with Gasteiger partial charge in [-0.15, -0.1) is 11.8 Å². The topological polar surface area (TPSA) is 26.3 Å². The van der Waals surface area contributed by atoms with Crippen LogP contribution in [0, 0.1) is 0 Å². The number of methoxy groups -OCH3 is 1. The average molecular weight is 224 g/mol. The molecule has 2 nitrogen and oxygen atoms in total. The number of aldehydes is 1. The Balaban J connectivity index is 2.52. The summed E-state index contributed by atoms with van der Waals surface area (Å²) in [5, 5.41) is 0.506. The van der Waals surface area contributed by atoms with Crippen LogP contribution in [0.15, 0.2) is 29.2 Å². The van der Waals surface area contributed by atoms with Gasteiger partial charge in [0.05, 0.1) is 0 Å². The van der Waals surface area contributed by atoms with Crippen molar-refractivity contribution in [2.75, 3.05) is 13.7 Å². The van der Waals surface area contributed by atoms with E-state index >= 15 is 0 Å². The number of ether oxygens (including phenoxy) is 1. The van der Waals surface area contributed by atoms with Crippen LogP contribution in [0.4, 0.5) is 0 Å². The maximum absolute atomic E-state index is 10.6. The van der Waals surface area contributed by atoms with Crippen molar-refractivity contribution in [2.45, 2.75) is 23.5 Å². The second kappa shape index (κ2) is 6.64. The maximum atomic E-state index is 10.6. The predicted octanol–water partition coefficient (Wildman–Crippen LogP) is 3.02. The van der Waals surface area contributed by atoms with Gasteiger partial charge < -0.3 is 4.74 Å². The maximum Gasteiger partial charge on any atom is 0.150 e. The molecule has 0 bridgehead atoms. The molecule has 0 heterocycles. The van der Waals surface area contributed by atoms with E-state index in [0.29, 0.717) is 5.25 Å². The van der Waals surface area contributed by atoms with Gasteiger partial charge in [-0.2, -0.15) is 0 Å². The van der Waals surface area contributed by atoms with Gasteiger partial charge in [-0.1, -0.05) is 19.1 Å². The van der Waals surface area contributed by atoms with Crippen LogP contribution >= 0.6 is 11.8 Å². The number of hydrogen-bond donors (Lipinski definition) is 0. The molecule has 1 unspecified atom stereocenters. The van der Waals surface area contributed by atoms with Crippen molar-refractivity contribution in [2.24, 2.45) is 0 Å². The molecule has 1 atom stereocenters. The van der Waals surface area contributed by atoms with Gasteiger partial charge in [0.1, 0.15) is 6.29 Å². The van der Waals surface area contributed by atoms with Crippen molar-refractivity contribution in [3.05, 3.63) is 29.8 Å². The van der Waals surface area contributed by atoms with Gasteiger partial charge in [-0.25, -0.2) is 0 Å². The highest BCUT2D eigenvalue weighted by molar-refractivity contribution is 7.99. The molecule has 0 N–H and O–H groups in total. The molecule has 15 heavy (non-hydrogen) atoms. The zero-order chi connectivity index (χ0) is 11.1. The van der Waals surface area contributed by atoms with Crippen LogP contribution in [0.25, 0.3) is 0 Å². The fourth-order valence-corrected chi connectivity index (χ4v) is 2.28. The largest absolute Gasteiger partial charge is 0.385 e. The summed E-state index contributed by atoms with van der Waals surface area (Å²) in [5.74, 6) is 0. The summed E-state index contributed by atoms with van der Waals surface area (Å²) in [6.07, 6.45) is 1.90. The molecule has 0 saturated heterocycles. The molecule has 3 heteroatoms. The molecule has 0 radical (unpaired) electrons. The predicted molar refractivity (Wildman–Crippen MR) is 63.6 cm³/mol. The van der Waals surface area contributed by atoms with Crippen LogP contribution < -0.4 is 0 Å². The van der Waals surface area contributed by atoms with E-state index in [1.807, 2.05) is 24.3 Å². The van der Waals surface area contributed by atoms with Gasteiger partial charge in [0.2, 0.25) is 0 Å². The highest BCUT2D eigenvalue weighted by Crippen LogP contribution is 2.25. The minimum absolute atomic E-state index is 0.506. The standard InChI is InChI=1S/C12H16O2S/c1-10(6-7-14-2)15-12-5-3-4-11(8-12)9-13/h3-5,8-10H,6-7H2,1-2H3. The summed E-state index contributed by atoms with van der Waals surface area (Å²) >= 11 is 1.77. The van der Waals surface area contributed by atoms with E-state index in [-0.39, 0.29) is 0 Å². The van der Waals surface area contributed by atoms with Crippen molar-refractivity contribution < 1.29 is 9.53 Å².